The minimum atomic E-state index is -0.603. The van der Waals surface area contributed by atoms with Crippen LogP contribution in [-0.4, -0.2) is 50.2 Å². The summed E-state index contributed by atoms with van der Waals surface area (Å²) in [7, 11) is 2.88. The summed E-state index contributed by atoms with van der Waals surface area (Å²) < 4.78 is 11.8. The van der Waals surface area contributed by atoms with Crippen molar-refractivity contribution < 1.29 is 14.3 Å². The second kappa shape index (κ2) is 8.78. The van der Waals surface area contributed by atoms with Crippen molar-refractivity contribution in [1.29, 1.82) is 0 Å². The first-order valence-electron chi connectivity index (χ1n) is 8.57. The van der Waals surface area contributed by atoms with Gasteiger partial charge in [0.1, 0.15) is 16.8 Å². The standard InChI is InChI=1S/C18H19N5O5S/c1-10(16(25)28-3)29-18-22-21-14(7-11-8-15(24)20-17(26)19-11)23(18)12-5-4-6-13(9-12)27-2/h4-6,8-10H,7H2,1-3H3,(H2,19,20,24,26)/t10-/m0/s1. The van der Waals surface area contributed by atoms with Crippen LogP contribution in [0.5, 0.6) is 5.75 Å². The summed E-state index contributed by atoms with van der Waals surface area (Å²) in [5, 5.41) is 8.34. The fourth-order valence-electron chi connectivity index (χ4n) is 2.66. The summed E-state index contributed by atoms with van der Waals surface area (Å²) in [6, 6.07) is 8.52. The van der Waals surface area contributed by atoms with Gasteiger partial charge in [0.05, 0.1) is 19.9 Å². The van der Waals surface area contributed by atoms with Gasteiger partial charge in [0.2, 0.25) is 0 Å². The van der Waals surface area contributed by atoms with Gasteiger partial charge in [-0.05, 0) is 19.1 Å². The second-order valence-corrected chi connectivity index (χ2v) is 7.32. The lowest BCUT2D eigenvalue weighted by Gasteiger charge is -2.13. The molecule has 1 aromatic carbocycles. The molecule has 0 radical (unpaired) electrons. The molecule has 0 amide bonds. The Hall–Kier alpha value is -3.34. The predicted octanol–water partition coefficient (Wildman–Crippen LogP) is 0.897. The van der Waals surface area contributed by atoms with Gasteiger partial charge in [-0.2, -0.15) is 0 Å². The lowest BCUT2D eigenvalue weighted by molar-refractivity contribution is -0.139. The van der Waals surface area contributed by atoms with Gasteiger partial charge in [0.25, 0.3) is 5.56 Å². The van der Waals surface area contributed by atoms with Crippen LogP contribution in [0.2, 0.25) is 0 Å². The van der Waals surface area contributed by atoms with Gasteiger partial charge < -0.3 is 14.5 Å². The Morgan fingerprint density at radius 1 is 1.21 bits per heavy atom. The molecular formula is C18H19N5O5S. The highest BCUT2D eigenvalue weighted by Gasteiger charge is 2.22. The van der Waals surface area contributed by atoms with Gasteiger partial charge in [0.15, 0.2) is 5.16 Å². The molecule has 11 heteroatoms. The van der Waals surface area contributed by atoms with Crippen molar-refractivity contribution in [1.82, 2.24) is 24.7 Å². The molecule has 0 fully saturated rings. The van der Waals surface area contributed by atoms with E-state index in [0.717, 1.165) is 0 Å². The molecule has 3 rings (SSSR count). The molecular weight excluding hydrogens is 398 g/mol. The van der Waals surface area contributed by atoms with Crippen molar-refractivity contribution in [2.24, 2.45) is 0 Å². The van der Waals surface area contributed by atoms with Crippen molar-refractivity contribution in [3.05, 3.63) is 62.7 Å². The lowest BCUT2D eigenvalue weighted by atomic mass is 10.2. The molecule has 0 aliphatic heterocycles. The molecule has 0 saturated carbocycles. The number of carbonyl (C=O) groups is 1. The minimum Gasteiger partial charge on any atom is -0.497 e. The van der Waals surface area contributed by atoms with E-state index >= 15 is 0 Å². The van der Waals surface area contributed by atoms with Gasteiger partial charge in [-0.3, -0.25) is 19.1 Å². The summed E-state index contributed by atoms with van der Waals surface area (Å²) in [6.07, 6.45) is 0.149. The van der Waals surface area contributed by atoms with E-state index in [1.165, 1.54) is 24.9 Å². The van der Waals surface area contributed by atoms with Crippen LogP contribution in [0.15, 0.2) is 45.1 Å². The number of ether oxygens (including phenoxy) is 2. The number of nitrogens with zero attached hydrogens (tertiary/aromatic N) is 3. The first-order valence-corrected chi connectivity index (χ1v) is 9.45. The molecule has 0 bridgehead atoms. The maximum atomic E-state index is 11.8. The molecule has 2 aromatic heterocycles. The highest BCUT2D eigenvalue weighted by Crippen LogP contribution is 2.28. The number of benzene rings is 1. The predicted molar refractivity (Wildman–Crippen MR) is 106 cm³/mol. The van der Waals surface area contributed by atoms with Gasteiger partial charge >= 0.3 is 11.7 Å². The zero-order chi connectivity index (χ0) is 21.0. The Labute approximate surface area is 169 Å². The summed E-state index contributed by atoms with van der Waals surface area (Å²) in [6.45, 7) is 1.70. The summed E-state index contributed by atoms with van der Waals surface area (Å²) >= 11 is 1.18. The van der Waals surface area contributed by atoms with E-state index in [-0.39, 0.29) is 6.42 Å². The molecule has 2 heterocycles. The van der Waals surface area contributed by atoms with E-state index in [1.807, 2.05) is 12.1 Å². The van der Waals surface area contributed by atoms with Crippen molar-refractivity contribution in [2.75, 3.05) is 14.2 Å². The Balaban J connectivity index is 2.06. The topological polar surface area (TPSA) is 132 Å². The quantitative estimate of drug-likeness (QED) is 0.428. The highest BCUT2D eigenvalue weighted by atomic mass is 32.2. The normalized spacial score (nSPS) is 11.8. The molecule has 0 spiro atoms. The van der Waals surface area contributed by atoms with E-state index < -0.39 is 22.5 Å². The van der Waals surface area contributed by atoms with Crippen LogP contribution in [0.25, 0.3) is 5.69 Å². The van der Waals surface area contributed by atoms with E-state index in [4.69, 9.17) is 9.47 Å². The number of methoxy groups -OCH3 is 2. The van der Waals surface area contributed by atoms with Gasteiger partial charge in [-0.25, -0.2) is 4.79 Å². The zero-order valence-corrected chi connectivity index (χ0v) is 16.8. The lowest BCUT2D eigenvalue weighted by Crippen LogP contribution is -2.23. The average molecular weight is 417 g/mol. The fourth-order valence-corrected chi connectivity index (χ4v) is 3.57. The molecule has 2 N–H and O–H groups in total. The Morgan fingerprint density at radius 3 is 2.69 bits per heavy atom. The summed E-state index contributed by atoms with van der Waals surface area (Å²) in [4.78, 5) is 39.7. The maximum Gasteiger partial charge on any atom is 0.325 e. The van der Waals surface area contributed by atoms with E-state index in [1.54, 1.807) is 30.7 Å². The second-order valence-electron chi connectivity index (χ2n) is 6.01. The van der Waals surface area contributed by atoms with Crippen molar-refractivity contribution in [2.45, 2.75) is 23.8 Å². The number of thioether (sulfide) groups is 1. The Morgan fingerprint density at radius 2 is 2.00 bits per heavy atom. The van der Waals surface area contributed by atoms with E-state index in [0.29, 0.717) is 28.1 Å². The van der Waals surface area contributed by atoms with Crippen LogP contribution in [-0.2, 0) is 16.0 Å². The third-order valence-electron chi connectivity index (χ3n) is 3.99. The third kappa shape index (κ3) is 4.74. The van der Waals surface area contributed by atoms with Crippen LogP contribution in [0.4, 0.5) is 0 Å². The Bertz CT molecular complexity index is 1110. The number of hydrogen-bond donors (Lipinski definition) is 2. The van der Waals surface area contributed by atoms with Crippen LogP contribution >= 0.6 is 11.8 Å². The molecule has 3 aromatic rings. The van der Waals surface area contributed by atoms with Gasteiger partial charge in [-0.15, -0.1) is 10.2 Å². The zero-order valence-electron chi connectivity index (χ0n) is 16.0. The number of esters is 1. The van der Waals surface area contributed by atoms with Gasteiger partial charge in [0, 0.05) is 24.2 Å². The van der Waals surface area contributed by atoms with Crippen molar-refractivity contribution >= 4 is 17.7 Å². The van der Waals surface area contributed by atoms with Gasteiger partial charge in [-0.1, -0.05) is 17.8 Å². The number of hydrogen-bond acceptors (Lipinski definition) is 8. The van der Waals surface area contributed by atoms with Crippen LogP contribution in [0, 0.1) is 0 Å². The fraction of sp³-hybridized carbons (Fsp3) is 0.278. The average Bonchev–Trinajstić information content (AvgIpc) is 3.08. The minimum absolute atomic E-state index is 0.149. The Kier molecular flexibility index (Phi) is 6.17. The molecule has 10 nitrogen and oxygen atoms in total. The molecule has 0 aliphatic rings. The molecule has 152 valence electrons. The van der Waals surface area contributed by atoms with Crippen LogP contribution in [0.1, 0.15) is 18.4 Å². The number of aromatic nitrogens is 5. The highest BCUT2D eigenvalue weighted by molar-refractivity contribution is 8.00. The smallest absolute Gasteiger partial charge is 0.325 e. The number of H-pyrrole nitrogens is 2. The number of nitrogens with one attached hydrogen (secondary N) is 2. The number of aromatic amines is 2. The maximum absolute atomic E-state index is 11.8. The largest absolute Gasteiger partial charge is 0.497 e. The van der Waals surface area contributed by atoms with Crippen LogP contribution in [0.3, 0.4) is 0 Å². The van der Waals surface area contributed by atoms with E-state index in [2.05, 4.69) is 20.2 Å². The molecule has 0 unspecified atom stereocenters. The van der Waals surface area contributed by atoms with E-state index in [9.17, 15) is 14.4 Å². The SMILES string of the molecule is COC(=O)[C@H](C)Sc1nnc(Cc2cc(=O)[nH]c(=O)[nH]2)n1-c1cccc(OC)c1. The summed E-state index contributed by atoms with van der Waals surface area (Å²) in [5.74, 6) is 0.707. The monoisotopic (exact) mass is 417 g/mol. The number of carbonyl (C=O) groups excluding carboxylic acids is 1. The molecule has 1 atom stereocenters. The van der Waals surface area contributed by atoms with Crippen molar-refractivity contribution in [3.63, 3.8) is 0 Å². The third-order valence-corrected chi connectivity index (χ3v) is 5.01. The van der Waals surface area contributed by atoms with Crippen molar-refractivity contribution in [3.8, 4) is 11.4 Å². The molecule has 0 aliphatic carbocycles. The number of rotatable bonds is 7. The molecule has 29 heavy (non-hydrogen) atoms. The summed E-state index contributed by atoms with van der Waals surface area (Å²) in [5.41, 5.74) is -0.0251. The molecule has 0 saturated heterocycles. The first-order chi connectivity index (χ1) is 13.9. The van der Waals surface area contributed by atoms with Crippen LogP contribution < -0.4 is 16.0 Å². The first kappa shape index (κ1) is 20.4.